The summed E-state index contributed by atoms with van der Waals surface area (Å²) < 4.78 is 0. The Morgan fingerprint density at radius 1 is 1.08 bits per heavy atom. The molecule has 0 aromatic heterocycles. The highest BCUT2D eigenvalue weighted by Crippen LogP contribution is 2.15. The van der Waals surface area contributed by atoms with Crippen molar-refractivity contribution in [3.8, 4) is 0 Å². The maximum Gasteiger partial charge on any atom is -0.00488 e. The van der Waals surface area contributed by atoms with Gasteiger partial charge in [-0.05, 0) is 30.4 Å². The fourth-order valence-corrected chi connectivity index (χ4v) is 1.42. The minimum atomic E-state index is 0.611. The van der Waals surface area contributed by atoms with E-state index in [0.29, 0.717) is 11.8 Å². The van der Waals surface area contributed by atoms with E-state index >= 15 is 0 Å². The predicted molar refractivity (Wildman–Crippen MR) is 57.5 cm³/mol. The minimum absolute atomic E-state index is 0.611. The zero-order valence-electron chi connectivity index (χ0n) is 8.53. The van der Waals surface area contributed by atoms with Gasteiger partial charge in [0.15, 0.2) is 0 Å². The van der Waals surface area contributed by atoms with Gasteiger partial charge in [0.2, 0.25) is 0 Å². The molecule has 1 rings (SSSR count). The Bertz CT molecular complexity index is 230. The highest BCUT2D eigenvalue weighted by Gasteiger charge is 2.10. The minimum Gasteiger partial charge on any atom is -0.330 e. The lowest BCUT2D eigenvalue weighted by molar-refractivity contribution is 0.394. The monoisotopic (exact) mass is 177 g/mol. The van der Waals surface area contributed by atoms with E-state index in [4.69, 9.17) is 5.73 Å². The van der Waals surface area contributed by atoms with Gasteiger partial charge in [0.1, 0.15) is 0 Å². The normalized spacial score (nSPS) is 15.3. The first kappa shape index (κ1) is 10.3. The van der Waals surface area contributed by atoms with Crippen LogP contribution >= 0.6 is 0 Å². The van der Waals surface area contributed by atoms with Gasteiger partial charge in [-0.25, -0.2) is 0 Å². The Morgan fingerprint density at radius 2 is 1.69 bits per heavy atom. The Hall–Kier alpha value is -0.820. The maximum absolute atomic E-state index is 5.63. The second kappa shape index (κ2) is 5.03. The van der Waals surface area contributed by atoms with Gasteiger partial charge in [-0.1, -0.05) is 44.2 Å². The fourth-order valence-electron chi connectivity index (χ4n) is 1.42. The van der Waals surface area contributed by atoms with Crippen LogP contribution in [0.25, 0.3) is 0 Å². The molecule has 1 aromatic carbocycles. The molecule has 2 atom stereocenters. The van der Waals surface area contributed by atoms with Crippen molar-refractivity contribution in [2.45, 2.75) is 20.3 Å². The fraction of sp³-hybridized carbons (Fsp3) is 0.500. The summed E-state index contributed by atoms with van der Waals surface area (Å²) in [7, 11) is 0. The van der Waals surface area contributed by atoms with Crippen LogP contribution in [0.3, 0.4) is 0 Å². The second-order valence-electron chi connectivity index (χ2n) is 3.88. The van der Waals surface area contributed by atoms with E-state index in [2.05, 4.69) is 44.2 Å². The number of nitrogens with two attached hydrogens (primary N) is 1. The standard InChI is InChI=1S/C12H19N/c1-10(11(2)9-13)8-12-6-4-3-5-7-12/h3-7,10-11H,8-9,13H2,1-2H3. The van der Waals surface area contributed by atoms with Crippen molar-refractivity contribution in [2.75, 3.05) is 6.54 Å². The molecule has 1 heteroatoms. The lowest BCUT2D eigenvalue weighted by Gasteiger charge is -2.17. The van der Waals surface area contributed by atoms with Crippen LogP contribution in [0.2, 0.25) is 0 Å². The highest BCUT2D eigenvalue weighted by molar-refractivity contribution is 5.15. The second-order valence-corrected chi connectivity index (χ2v) is 3.88. The molecule has 0 aliphatic heterocycles. The molecular weight excluding hydrogens is 158 g/mol. The third kappa shape index (κ3) is 3.19. The topological polar surface area (TPSA) is 26.0 Å². The van der Waals surface area contributed by atoms with Crippen LogP contribution in [0.15, 0.2) is 30.3 Å². The van der Waals surface area contributed by atoms with E-state index in [1.165, 1.54) is 5.56 Å². The molecule has 0 bridgehead atoms. The van der Waals surface area contributed by atoms with Gasteiger partial charge in [-0.3, -0.25) is 0 Å². The van der Waals surface area contributed by atoms with Crippen LogP contribution in [-0.2, 0) is 6.42 Å². The molecule has 0 fully saturated rings. The number of benzene rings is 1. The van der Waals surface area contributed by atoms with E-state index < -0.39 is 0 Å². The van der Waals surface area contributed by atoms with Gasteiger partial charge in [-0.15, -0.1) is 0 Å². The molecule has 1 aromatic rings. The molecule has 0 saturated carbocycles. The molecule has 0 saturated heterocycles. The Labute approximate surface area is 81.0 Å². The van der Waals surface area contributed by atoms with Crippen molar-refractivity contribution in [1.29, 1.82) is 0 Å². The molecule has 2 N–H and O–H groups in total. The molecule has 2 unspecified atom stereocenters. The van der Waals surface area contributed by atoms with Crippen molar-refractivity contribution in [1.82, 2.24) is 0 Å². The summed E-state index contributed by atoms with van der Waals surface area (Å²) in [5, 5.41) is 0. The Morgan fingerprint density at radius 3 is 2.23 bits per heavy atom. The number of hydrogen-bond donors (Lipinski definition) is 1. The van der Waals surface area contributed by atoms with Crippen LogP contribution in [0.5, 0.6) is 0 Å². The van der Waals surface area contributed by atoms with E-state index in [1.807, 2.05) is 0 Å². The summed E-state index contributed by atoms with van der Waals surface area (Å²) >= 11 is 0. The zero-order valence-corrected chi connectivity index (χ0v) is 8.53. The molecule has 0 spiro atoms. The molecule has 0 aliphatic rings. The van der Waals surface area contributed by atoms with Gasteiger partial charge in [-0.2, -0.15) is 0 Å². The largest absolute Gasteiger partial charge is 0.330 e. The van der Waals surface area contributed by atoms with Gasteiger partial charge in [0.05, 0.1) is 0 Å². The van der Waals surface area contributed by atoms with Crippen LogP contribution in [-0.4, -0.2) is 6.54 Å². The van der Waals surface area contributed by atoms with Crippen molar-refractivity contribution >= 4 is 0 Å². The van der Waals surface area contributed by atoms with E-state index in [1.54, 1.807) is 0 Å². The molecule has 0 radical (unpaired) electrons. The summed E-state index contributed by atoms with van der Waals surface area (Å²) in [6.45, 7) is 5.27. The summed E-state index contributed by atoms with van der Waals surface area (Å²) in [5.74, 6) is 1.28. The van der Waals surface area contributed by atoms with Gasteiger partial charge in [0, 0.05) is 0 Å². The van der Waals surface area contributed by atoms with E-state index in [0.717, 1.165) is 13.0 Å². The molecular formula is C12H19N. The quantitative estimate of drug-likeness (QED) is 0.751. The lowest BCUT2D eigenvalue weighted by atomic mass is 9.90. The van der Waals surface area contributed by atoms with Crippen LogP contribution in [0, 0.1) is 11.8 Å². The average molecular weight is 177 g/mol. The summed E-state index contributed by atoms with van der Waals surface area (Å²) in [6.07, 6.45) is 1.14. The van der Waals surface area contributed by atoms with Gasteiger partial charge in [0.25, 0.3) is 0 Å². The molecule has 1 nitrogen and oxygen atoms in total. The lowest BCUT2D eigenvalue weighted by Crippen LogP contribution is -2.19. The number of hydrogen-bond acceptors (Lipinski definition) is 1. The first-order valence-corrected chi connectivity index (χ1v) is 4.98. The van der Waals surface area contributed by atoms with Crippen molar-refractivity contribution in [3.63, 3.8) is 0 Å². The van der Waals surface area contributed by atoms with Crippen molar-refractivity contribution in [2.24, 2.45) is 17.6 Å². The first-order chi connectivity index (χ1) is 6.24. The van der Waals surface area contributed by atoms with Crippen LogP contribution in [0.1, 0.15) is 19.4 Å². The van der Waals surface area contributed by atoms with Crippen LogP contribution in [0.4, 0.5) is 0 Å². The molecule has 0 amide bonds. The van der Waals surface area contributed by atoms with Crippen molar-refractivity contribution < 1.29 is 0 Å². The predicted octanol–water partition coefficient (Wildman–Crippen LogP) is 2.46. The Balaban J connectivity index is 2.50. The highest BCUT2D eigenvalue weighted by atomic mass is 14.5. The molecule has 0 heterocycles. The molecule has 0 aliphatic carbocycles. The maximum atomic E-state index is 5.63. The Kier molecular flexibility index (Phi) is 3.97. The van der Waals surface area contributed by atoms with Crippen molar-refractivity contribution in [3.05, 3.63) is 35.9 Å². The zero-order chi connectivity index (χ0) is 9.68. The van der Waals surface area contributed by atoms with Gasteiger partial charge < -0.3 is 5.73 Å². The summed E-state index contributed by atoms with van der Waals surface area (Å²) in [6, 6.07) is 10.6. The van der Waals surface area contributed by atoms with Gasteiger partial charge >= 0.3 is 0 Å². The average Bonchev–Trinajstić information content (AvgIpc) is 2.18. The smallest absolute Gasteiger partial charge is 0.00488 e. The third-order valence-corrected chi connectivity index (χ3v) is 2.74. The van der Waals surface area contributed by atoms with E-state index in [9.17, 15) is 0 Å². The summed E-state index contributed by atoms with van der Waals surface area (Å²) in [5.41, 5.74) is 7.04. The summed E-state index contributed by atoms with van der Waals surface area (Å²) in [4.78, 5) is 0. The first-order valence-electron chi connectivity index (χ1n) is 4.98. The number of rotatable bonds is 4. The van der Waals surface area contributed by atoms with E-state index in [-0.39, 0.29) is 0 Å². The van der Waals surface area contributed by atoms with Crippen LogP contribution < -0.4 is 5.73 Å². The molecule has 72 valence electrons. The SMILES string of the molecule is CC(CN)C(C)Cc1ccccc1. The third-order valence-electron chi connectivity index (χ3n) is 2.74. The molecule has 13 heavy (non-hydrogen) atoms.